The number of benzene rings is 2. The van der Waals surface area contributed by atoms with Crippen LogP contribution >= 0.6 is 0 Å². The van der Waals surface area contributed by atoms with E-state index in [1.165, 1.54) is 33.4 Å². The largest absolute Gasteiger partial charge is 0.0838 e. The highest BCUT2D eigenvalue weighted by molar-refractivity contribution is 5.33. The molecule has 0 bridgehead atoms. The van der Waals surface area contributed by atoms with Crippen LogP contribution in [0.5, 0.6) is 0 Å². The molecule has 0 aromatic heterocycles. The van der Waals surface area contributed by atoms with Crippen LogP contribution < -0.4 is 0 Å². The van der Waals surface area contributed by atoms with Gasteiger partial charge in [-0.25, -0.2) is 0 Å². The van der Waals surface area contributed by atoms with Gasteiger partial charge in [0.1, 0.15) is 0 Å². The van der Waals surface area contributed by atoms with E-state index in [0.717, 1.165) is 12.8 Å². The molecular formula is C20H24. The zero-order chi connectivity index (χ0) is 14.5. The minimum Gasteiger partial charge on any atom is -0.0838 e. The van der Waals surface area contributed by atoms with Gasteiger partial charge in [-0.05, 0) is 62.8 Å². The molecule has 0 amide bonds. The second kappa shape index (κ2) is 6.56. The third-order valence-corrected chi connectivity index (χ3v) is 3.85. The molecule has 0 saturated carbocycles. The van der Waals surface area contributed by atoms with Crippen molar-refractivity contribution in [2.24, 2.45) is 0 Å². The highest BCUT2D eigenvalue weighted by Gasteiger charge is 1.98. The lowest BCUT2D eigenvalue weighted by Gasteiger charge is -2.05. The average molecular weight is 264 g/mol. The van der Waals surface area contributed by atoms with Gasteiger partial charge in [0.05, 0.1) is 0 Å². The molecule has 0 aliphatic carbocycles. The Morgan fingerprint density at radius 2 is 1.05 bits per heavy atom. The van der Waals surface area contributed by atoms with Gasteiger partial charge in [0.15, 0.2) is 0 Å². The third kappa shape index (κ3) is 3.84. The molecule has 0 aliphatic heterocycles. The monoisotopic (exact) mass is 264 g/mol. The Morgan fingerprint density at radius 3 is 1.45 bits per heavy atom. The summed E-state index contributed by atoms with van der Waals surface area (Å²) in [6.45, 7) is 8.69. The molecule has 0 N–H and O–H groups in total. The van der Waals surface area contributed by atoms with Crippen molar-refractivity contribution in [3.8, 4) is 0 Å². The topological polar surface area (TPSA) is 0 Å². The fourth-order valence-corrected chi connectivity index (χ4v) is 2.46. The van der Waals surface area contributed by atoms with E-state index in [-0.39, 0.29) is 0 Å². The second-order valence-electron chi connectivity index (χ2n) is 5.74. The molecule has 2 aromatic rings. The molecule has 0 saturated heterocycles. The molecule has 0 heterocycles. The maximum Gasteiger partial charge on any atom is -0.00946 e. The predicted octanol–water partition coefficient (Wildman–Crippen LogP) is 5.26. The van der Waals surface area contributed by atoms with Gasteiger partial charge in [-0.1, -0.05) is 59.7 Å². The van der Waals surface area contributed by atoms with Crippen molar-refractivity contribution in [2.45, 2.75) is 40.5 Å². The number of hydrogen-bond donors (Lipinski definition) is 0. The number of allylic oxidation sites excluding steroid dienone is 2. The van der Waals surface area contributed by atoms with Crippen molar-refractivity contribution in [1.29, 1.82) is 0 Å². The van der Waals surface area contributed by atoms with E-state index in [1.54, 1.807) is 0 Å². The first-order valence-corrected chi connectivity index (χ1v) is 7.33. The third-order valence-electron chi connectivity index (χ3n) is 3.85. The number of rotatable bonds is 4. The van der Waals surface area contributed by atoms with Crippen molar-refractivity contribution in [3.05, 3.63) is 81.9 Å². The van der Waals surface area contributed by atoms with Crippen molar-refractivity contribution in [3.63, 3.8) is 0 Å². The molecule has 104 valence electrons. The first-order valence-electron chi connectivity index (χ1n) is 7.33. The summed E-state index contributed by atoms with van der Waals surface area (Å²) >= 11 is 0. The SMILES string of the molecule is Cc1ccc(C)c(CC=CCc2cc(C)ccc2C)c1. The summed E-state index contributed by atoms with van der Waals surface area (Å²) in [6.07, 6.45) is 6.64. The van der Waals surface area contributed by atoms with Crippen LogP contribution in [0.1, 0.15) is 33.4 Å². The Morgan fingerprint density at radius 1 is 0.650 bits per heavy atom. The molecule has 2 rings (SSSR count). The van der Waals surface area contributed by atoms with Gasteiger partial charge >= 0.3 is 0 Å². The Hall–Kier alpha value is -1.82. The maximum atomic E-state index is 2.30. The van der Waals surface area contributed by atoms with Crippen molar-refractivity contribution in [1.82, 2.24) is 0 Å². The lowest BCUT2D eigenvalue weighted by molar-refractivity contribution is 1.15. The van der Waals surface area contributed by atoms with Gasteiger partial charge in [-0.2, -0.15) is 0 Å². The fraction of sp³-hybridized carbons (Fsp3) is 0.300. The van der Waals surface area contributed by atoms with Crippen molar-refractivity contribution < 1.29 is 0 Å². The van der Waals surface area contributed by atoms with Gasteiger partial charge in [0.25, 0.3) is 0 Å². The normalized spacial score (nSPS) is 11.2. The summed E-state index contributed by atoms with van der Waals surface area (Å²) in [5.74, 6) is 0. The van der Waals surface area contributed by atoms with Crippen LogP contribution in [0.3, 0.4) is 0 Å². The van der Waals surface area contributed by atoms with Crippen LogP contribution in [0.4, 0.5) is 0 Å². The summed E-state index contributed by atoms with van der Waals surface area (Å²) in [5.41, 5.74) is 8.31. The zero-order valence-electron chi connectivity index (χ0n) is 13.0. The minimum absolute atomic E-state index is 1.03. The van der Waals surface area contributed by atoms with Crippen LogP contribution in [0.15, 0.2) is 48.6 Å². The van der Waals surface area contributed by atoms with Gasteiger partial charge in [0, 0.05) is 0 Å². The molecule has 0 radical (unpaired) electrons. The molecule has 0 fully saturated rings. The van der Waals surface area contributed by atoms with Crippen LogP contribution in [-0.2, 0) is 12.8 Å². The quantitative estimate of drug-likeness (QED) is 0.661. The van der Waals surface area contributed by atoms with E-state index in [0.29, 0.717) is 0 Å². The predicted molar refractivity (Wildman–Crippen MR) is 88.4 cm³/mol. The second-order valence-corrected chi connectivity index (χ2v) is 5.74. The average Bonchev–Trinajstić information content (AvgIpc) is 2.42. The summed E-state index contributed by atoms with van der Waals surface area (Å²) in [6, 6.07) is 13.4. The lowest BCUT2D eigenvalue weighted by atomic mass is 10.0. The summed E-state index contributed by atoms with van der Waals surface area (Å²) in [5, 5.41) is 0. The highest BCUT2D eigenvalue weighted by Crippen LogP contribution is 2.14. The zero-order valence-corrected chi connectivity index (χ0v) is 13.0. The Balaban J connectivity index is 2.00. The molecule has 0 heteroatoms. The summed E-state index contributed by atoms with van der Waals surface area (Å²) in [4.78, 5) is 0. The molecule has 0 unspecified atom stereocenters. The van der Waals surface area contributed by atoms with E-state index < -0.39 is 0 Å². The summed E-state index contributed by atoms with van der Waals surface area (Å²) < 4.78 is 0. The van der Waals surface area contributed by atoms with Gasteiger partial charge < -0.3 is 0 Å². The van der Waals surface area contributed by atoms with Crippen molar-refractivity contribution in [2.75, 3.05) is 0 Å². The standard InChI is InChI=1S/C20H24/c1-15-9-11-17(3)19(13-15)7-5-6-8-20-14-16(2)10-12-18(20)4/h5-6,9-14H,7-8H2,1-4H3. The van der Waals surface area contributed by atoms with E-state index >= 15 is 0 Å². The van der Waals surface area contributed by atoms with Crippen LogP contribution in [0.25, 0.3) is 0 Å². The van der Waals surface area contributed by atoms with E-state index in [1.807, 2.05) is 0 Å². The number of hydrogen-bond acceptors (Lipinski definition) is 0. The van der Waals surface area contributed by atoms with Gasteiger partial charge in [-0.15, -0.1) is 0 Å². The minimum atomic E-state index is 1.03. The van der Waals surface area contributed by atoms with Crippen molar-refractivity contribution >= 4 is 0 Å². The van der Waals surface area contributed by atoms with Crippen LogP contribution in [-0.4, -0.2) is 0 Å². The van der Waals surface area contributed by atoms with Crippen LogP contribution in [0, 0.1) is 27.7 Å². The lowest BCUT2D eigenvalue weighted by Crippen LogP contribution is -1.90. The van der Waals surface area contributed by atoms with E-state index in [9.17, 15) is 0 Å². The van der Waals surface area contributed by atoms with E-state index in [2.05, 4.69) is 76.2 Å². The molecule has 2 aromatic carbocycles. The van der Waals surface area contributed by atoms with Gasteiger partial charge in [-0.3, -0.25) is 0 Å². The van der Waals surface area contributed by atoms with Gasteiger partial charge in [0.2, 0.25) is 0 Å². The number of aryl methyl sites for hydroxylation is 4. The molecular weight excluding hydrogens is 240 g/mol. The molecule has 0 nitrogen and oxygen atoms in total. The Labute approximate surface area is 123 Å². The maximum absolute atomic E-state index is 2.30. The molecule has 0 atom stereocenters. The molecule has 0 spiro atoms. The summed E-state index contributed by atoms with van der Waals surface area (Å²) in [7, 11) is 0. The highest BCUT2D eigenvalue weighted by atomic mass is 14.0. The first-order chi connectivity index (χ1) is 9.56. The first kappa shape index (κ1) is 14.6. The molecule has 0 aliphatic rings. The Kier molecular flexibility index (Phi) is 4.79. The van der Waals surface area contributed by atoms with Crippen LogP contribution in [0.2, 0.25) is 0 Å². The Bertz CT molecular complexity index is 562. The fourth-order valence-electron chi connectivity index (χ4n) is 2.46. The van der Waals surface area contributed by atoms with E-state index in [4.69, 9.17) is 0 Å². The smallest absolute Gasteiger partial charge is 0.00946 e. The molecule has 20 heavy (non-hydrogen) atoms.